The van der Waals surface area contributed by atoms with Crippen molar-refractivity contribution >= 4 is 5.91 Å². The van der Waals surface area contributed by atoms with Crippen molar-refractivity contribution in [2.24, 2.45) is 28.9 Å². The molecular weight excluding hydrogens is 300 g/mol. The lowest BCUT2D eigenvalue weighted by molar-refractivity contribution is -0.142. The molecule has 0 atom stereocenters. The molecule has 1 saturated heterocycles. The van der Waals surface area contributed by atoms with Crippen LogP contribution in [-0.4, -0.2) is 43.2 Å². The SMILES string of the molecule is NCCCOC1CCN(C(=O)CC23CC4CC(CC(C4)C2)C3)CC1. The van der Waals surface area contributed by atoms with Gasteiger partial charge in [-0.1, -0.05) is 0 Å². The fourth-order valence-corrected chi connectivity index (χ4v) is 6.54. The van der Waals surface area contributed by atoms with E-state index in [9.17, 15) is 4.79 Å². The maximum Gasteiger partial charge on any atom is 0.223 e. The number of nitrogens with zero attached hydrogens (tertiary/aromatic N) is 1. The molecule has 0 aromatic rings. The Balaban J connectivity index is 1.27. The molecule has 5 rings (SSSR count). The van der Waals surface area contributed by atoms with Gasteiger partial charge in [-0.15, -0.1) is 0 Å². The summed E-state index contributed by atoms with van der Waals surface area (Å²) in [5.74, 6) is 3.24. The fourth-order valence-electron chi connectivity index (χ4n) is 6.54. The number of amides is 1. The molecule has 1 heterocycles. The average molecular weight is 335 g/mol. The minimum absolute atomic E-state index is 0.333. The molecule has 1 amide bonds. The van der Waals surface area contributed by atoms with Gasteiger partial charge in [0.2, 0.25) is 5.91 Å². The first-order valence-corrected chi connectivity index (χ1v) is 10.3. The van der Waals surface area contributed by atoms with Gasteiger partial charge in [0.25, 0.3) is 0 Å². The molecule has 24 heavy (non-hydrogen) atoms. The zero-order valence-electron chi connectivity index (χ0n) is 15.0. The first-order valence-electron chi connectivity index (χ1n) is 10.3. The zero-order valence-corrected chi connectivity index (χ0v) is 15.0. The van der Waals surface area contributed by atoms with E-state index in [0.29, 0.717) is 24.0 Å². The van der Waals surface area contributed by atoms with Gasteiger partial charge < -0.3 is 15.4 Å². The number of piperidine rings is 1. The van der Waals surface area contributed by atoms with Gasteiger partial charge in [-0.05, 0) is 87.5 Å². The number of hydrogen-bond donors (Lipinski definition) is 1. The highest BCUT2D eigenvalue weighted by atomic mass is 16.5. The third-order valence-electron chi connectivity index (χ3n) is 7.19. The maximum atomic E-state index is 12.9. The quantitative estimate of drug-likeness (QED) is 0.760. The van der Waals surface area contributed by atoms with Crippen molar-refractivity contribution in [3.05, 3.63) is 0 Å². The van der Waals surface area contributed by atoms with E-state index in [1.54, 1.807) is 0 Å². The van der Waals surface area contributed by atoms with Crippen LogP contribution in [-0.2, 0) is 9.53 Å². The molecule has 4 aliphatic carbocycles. The highest BCUT2D eigenvalue weighted by Gasteiger charge is 2.51. The molecule has 136 valence electrons. The summed E-state index contributed by atoms with van der Waals surface area (Å²) in [5.41, 5.74) is 5.89. The van der Waals surface area contributed by atoms with E-state index in [1.807, 2.05) is 0 Å². The van der Waals surface area contributed by atoms with Gasteiger partial charge in [0.15, 0.2) is 0 Å². The van der Waals surface area contributed by atoms with Gasteiger partial charge in [-0.3, -0.25) is 4.79 Å². The summed E-state index contributed by atoms with van der Waals surface area (Å²) in [7, 11) is 0. The number of ether oxygens (including phenoxy) is 1. The van der Waals surface area contributed by atoms with Crippen molar-refractivity contribution < 1.29 is 9.53 Å². The van der Waals surface area contributed by atoms with E-state index < -0.39 is 0 Å². The van der Waals surface area contributed by atoms with Gasteiger partial charge in [0.05, 0.1) is 6.10 Å². The molecule has 2 N–H and O–H groups in total. The Kier molecular flexibility index (Phi) is 4.88. The molecule has 0 aromatic carbocycles. The van der Waals surface area contributed by atoms with Crippen LogP contribution >= 0.6 is 0 Å². The topological polar surface area (TPSA) is 55.6 Å². The van der Waals surface area contributed by atoms with Crippen LogP contribution in [0.4, 0.5) is 0 Å². The second-order valence-electron chi connectivity index (χ2n) is 9.19. The lowest BCUT2D eigenvalue weighted by Crippen LogP contribution is -2.49. The smallest absolute Gasteiger partial charge is 0.223 e. The van der Waals surface area contributed by atoms with Crippen molar-refractivity contribution in [1.29, 1.82) is 0 Å². The molecule has 0 spiro atoms. The van der Waals surface area contributed by atoms with Crippen LogP contribution < -0.4 is 5.73 Å². The number of carbonyl (C=O) groups is 1. The predicted molar refractivity (Wildman–Crippen MR) is 94.4 cm³/mol. The van der Waals surface area contributed by atoms with Crippen LogP contribution in [0.25, 0.3) is 0 Å². The van der Waals surface area contributed by atoms with Gasteiger partial charge in [0.1, 0.15) is 0 Å². The molecule has 0 aromatic heterocycles. The maximum absolute atomic E-state index is 12.9. The number of rotatable bonds is 6. The van der Waals surface area contributed by atoms with E-state index in [-0.39, 0.29) is 0 Å². The van der Waals surface area contributed by atoms with Crippen LogP contribution in [0.3, 0.4) is 0 Å². The largest absolute Gasteiger partial charge is 0.378 e. The summed E-state index contributed by atoms with van der Waals surface area (Å²) in [6.45, 7) is 3.24. The van der Waals surface area contributed by atoms with Gasteiger partial charge in [0, 0.05) is 26.1 Å². The minimum Gasteiger partial charge on any atom is -0.378 e. The molecule has 0 radical (unpaired) electrons. The second-order valence-corrected chi connectivity index (χ2v) is 9.19. The molecule has 4 heteroatoms. The number of nitrogens with two attached hydrogens (primary N) is 1. The van der Waals surface area contributed by atoms with Crippen LogP contribution in [0.5, 0.6) is 0 Å². The Hall–Kier alpha value is -0.610. The van der Waals surface area contributed by atoms with Crippen molar-refractivity contribution in [1.82, 2.24) is 4.90 Å². The standard InChI is InChI=1S/C20H34N2O2/c21-4-1-7-24-18-2-5-22(6-3-18)19(23)14-20-11-15-8-16(12-20)10-17(9-15)13-20/h15-18H,1-14,21H2. The highest BCUT2D eigenvalue weighted by Crippen LogP contribution is 2.61. The summed E-state index contributed by atoms with van der Waals surface area (Å²) >= 11 is 0. The van der Waals surface area contributed by atoms with Crippen molar-refractivity contribution in [2.75, 3.05) is 26.2 Å². The van der Waals surface area contributed by atoms with E-state index in [0.717, 1.165) is 63.1 Å². The Morgan fingerprint density at radius 3 is 2.17 bits per heavy atom. The lowest BCUT2D eigenvalue weighted by atomic mass is 9.49. The molecular formula is C20H34N2O2. The Labute approximate surface area is 146 Å². The normalized spacial score (nSPS) is 38.7. The first-order chi connectivity index (χ1) is 11.7. The van der Waals surface area contributed by atoms with Crippen molar-refractivity contribution in [2.45, 2.75) is 70.3 Å². The minimum atomic E-state index is 0.333. The van der Waals surface area contributed by atoms with Gasteiger partial charge >= 0.3 is 0 Å². The first kappa shape index (κ1) is 16.8. The average Bonchev–Trinajstić information content (AvgIpc) is 2.54. The van der Waals surface area contributed by atoms with Crippen LogP contribution in [0.2, 0.25) is 0 Å². The van der Waals surface area contributed by atoms with E-state index in [4.69, 9.17) is 10.5 Å². The van der Waals surface area contributed by atoms with Crippen LogP contribution in [0.1, 0.15) is 64.2 Å². The fraction of sp³-hybridized carbons (Fsp3) is 0.950. The number of carbonyl (C=O) groups excluding carboxylic acids is 1. The predicted octanol–water partition coefficient (Wildman–Crippen LogP) is 2.95. The molecule has 4 bridgehead atoms. The Morgan fingerprint density at radius 1 is 1.04 bits per heavy atom. The highest BCUT2D eigenvalue weighted by molar-refractivity contribution is 5.77. The molecule has 0 unspecified atom stereocenters. The monoisotopic (exact) mass is 334 g/mol. The van der Waals surface area contributed by atoms with Crippen LogP contribution in [0.15, 0.2) is 0 Å². The summed E-state index contributed by atoms with van der Waals surface area (Å²) in [5, 5.41) is 0. The third-order valence-corrected chi connectivity index (χ3v) is 7.19. The van der Waals surface area contributed by atoms with Crippen molar-refractivity contribution in [3.63, 3.8) is 0 Å². The molecule has 4 saturated carbocycles. The molecule has 5 fully saturated rings. The van der Waals surface area contributed by atoms with Gasteiger partial charge in [-0.25, -0.2) is 0 Å². The molecule has 5 aliphatic rings. The number of hydrogen-bond acceptors (Lipinski definition) is 3. The summed E-state index contributed by atoms with van der Waals surface area (Å²) in [4.78, 5) is 15.0. The van der Waals surface area contributed by atoms with Gasteiger partial charge in [-0.2, -0.15) is 0 Å². The summed E-state index contributed by atoms with van der Waals surface area (Å²) < 4.78 is 5.87. The van der Waals surface area contributed by atoms with E-state index in [2.05, 4.69) is 4.90 Å². The Bertz CT molecular complexity index is 421. The van der Waals surface area contributed by atoms with E-state index in [1.165, 1.54) is 38.5 Å². The zero-order chi connectivity index (χ0) is 16.6. The lowest BCUT2D eigenvalue weighted by Gasteiger charge is -2.57. The van der Waals surface area contributed by atoms with Crippen molar-refractivity contribution in [3.8, 4) is 0 Å². The summed E-state index contributed by atoms with van der Waals surface area (Å²) in [6.07, 6.45) is 12.5. The van der Waals surface area contributed by atoms with Crippen LogP contribution in [0, 0.1) is 23.2 Å². The molecule has 4 nitrogen and oxygen atoms in total. The summed E-state index contributed by atoms with van der Waals surface area (Å²) in [6, 6.07) is 0. The van der Waals surface area contributed by atoms with E-state index >= 15 is 0 Å². The molecule has 1 aliphatic heterocycles. The third kappa shape index (κ3) is 3.50. The second kappa shape index (κ2) is 6.95. The number of likely N-dealkylation sites (tertiary alicyclic amines) is 1. The Morgan fingerprint density at radius 2 is 1.62 bits per heavy atom.